The molecule has 0 saturated heterocycles. The summed E-state index contributed by atoms with van der Waals surface area (Å²) in [6, 6.07) is 12.8. The number of furan rings is 1. The van der Waals surface area contributed by atoms with Gasteiger partial charge >= 0.3 is 0 Å². The molecule has 0 bridgehead atoms. The molecule has 7 heteroatoms. The van der Waals surface area contributed by atoms with E-state index >= 15 is 0 Å². The van der Waals surface area contributed by atoms with Crippen molar-refractivity contribution in [2.24, 2.45) is 0 Å². The number of nitrogens with one attached hydrogen (secondary N) is 1. The van der Waals surface area contributed by atoms with Gasteiger partial charge in [-0.15, -0.1) is 0 Å². The number of carbonyl (C=O) groups excluding carboxylic acids is 1. The summed E-state index contributed by atoms with van der Waals surface area (Å²) in [6.45, 7) is 1.58. The Morgan fingerprint density at radius 2 is 2.12 bits per heavy atom. The van der Waals surface area contributed by atoms with E-state index in [4.69, 9.17) is 9.15 Å². The van der Waals surface area contributed by atoms with Gasteiger partial charge in [0.25, 0.3) is 5.91 Å². The largest absolute Gasteiger partial charge is 0.484 e. The summed E-state index contributed by atoms with van der Waals surface area (Å²) in [5.74, 6) is 1.37. The van der Waals surface area contributed by atoms with Crippen LogP contribution in [0, 0.1) is 0 Å². The van der Waals surface area contributed by atoms with Crippen molar-refractivity contribution in [3.8, 4) is 5.75 Å². The second kappa shape index (κ2) is 8.53. The minimum atomic E-state index is -0.229. The van der Waals surface area contributed by atoms with Gasteiger partial charge < -0.3 is 14.5 Å². The van der Waals surface area contributed by atoms with Gasteiger partial charge in [-0.25, -0.2) is 0 Å². The van der Waals surface area contributed by atoms with Gasteiger partial charge in [0.2, 0.25) is 0 Å². The number of hydrogen-bond acceptors (Lipinski definition) is 4. The van der Waals surface area contributed by atoms with E-state index in [1.54, 1.807) is 18.3 Å². The Morgan fingerprint density at radius 1 is 1.24 bits per heavy atom. The van der Waals surface area contributed by atoms with Crippen LogP contribution in [-0.4, -0.2) is 22.2 Å². The van der Waals surface area contributed by atoms with Crippen LogP contribution < -0.4 is 10.1 Å². The molecule has 0 aliphatic heterocycles. The Labute approximate surface area is 153 Å². The quantitative estimate of drug-likeness (QED) is 0.582. The maximum Gasteiger partial charge on any atom is 0.286 e. The van der Waals surface area contributed by atoms with Gasteiger partial charge in [0.15, 0.2) is 5.76 Å². The number of amides is 1. The fraction of sp³-hybridized carbons (Fsp3) is 0.222. The van der Waals surface area contributed by atoms with Gasteiger partial charge in [0.05, 0.1) is 4.47 Å². The molecule has 0 saturated carbocycles. The molecule has 0 spiro atoms. The van der Waals surface area contributed by atoms with Gasteiger partial charge in [0, 0.05) is 25.5 Å². The number of para-hydroxylation sites is 1. The highest BCUT2D eigenvalue weighted by molar-refractivity contribution is 9.10. The lowest BCUT2D eigenvalue weighted by Gasteiger charge is -2.06. The van der Waals surface area contributed by atoms with E-state index in [0.717, 1.165) is 23.2 Å². The van der Waals surface area contributed by atoms with E-state index in [1.165, 1.54) is 0 Å². The van der Waals surface area contributed by atoms with Crippen LogP contribution in [0.5, 0.6) is 5.75 Å². The number of carbonyl (C=O) groups is 1. The minimum Gasteiger partial charge on any atom is -0.484 e. The van der Waals surface area contributed by atoms with Crippen LogP contribution in [0.2, 0.25) is 0 Å². The molecule has 130 valence electrons. The number of hydrogen-bond donors (Lipinski definition) is 1. The average Bonchev–Trinajstić information content (AvgIpc) is 3.30. The number of ether oxygens (including phenoxy) is 1. The van der Waals surface area contributed by atoms with Gasteiger partial charge in [0.1, 0.15) is 18.1 Å². The van der Waals surface area contributed by atoms with Crippen molar-refractivity contribution < 1.29 is 13.9 Å². The molecule has 1 aromatic carbocycles. The monoisotopic (exact) mass is 403 g/mol. The molecule has 0 fully saturated rings. The standard InChI is InChI=1S/C18H18BrN3O3/c19-15-5-1-2-6-16(15)24-13-14-7-8-17(25-14)18(23)20-9-3-11-22-12-4-10-21-22/h1-2,4-8,10,12H,3,9,11,13H2,(H,20,23). The lowest BCUT2D eigenvalue weighted by atomic mass is 10.3. The van der Waals surface area contributed by atoms with Crippen molar-refractivity contribution in [2.45, 2.75) is 19.6 Å². The molecule has 25 heavy (non-hydrogen) atoms. The van der Waals surface area contributed by atoms with Gasteiger partial charge in [-0.2, -0.15) is 5.10 Å². The highest BCUT2D eigenvalue weighted by Gasteiger charge is 2.11. The van der Waals surface area contributed by atoms with Crippen molar-refractivity contribution in [2.75, 3.05) is 6.54 Å². The molecule has 0 aliphatic rings. The van der Waals surface area contributed by atoms with Gasteiger partial charge in [-0.05, 0) is 52.7 Å². The zero-order valence-corrected chi connectivity index (χ0v) is 15.1. The van der Waals surface area contributed by atoms with Crippen molar-refractivity contribution in [1.29, 1.82) is 0 Å². The first kappa shape index (κ1) is 17.3. The summed E-state index contributed by atoms with van der Waals surface area (Å²) in [4.78, 5) is 12.1. The molecule has 0 atom stereocenters. The normalized spacial score (nSPS) is 10.6. The number of aryl methyl sites for hydroxylation is 1. The maximum absolute atomic E-state index is 12.1. The molecule has 3 rings (SSSR count). The van der Waals surface area contributed by atoms with Crippen molar-refractivity contribution in [3.63, 3.8) is 0 Å². The number of benzene rings is 1. The summed E-state index contributed by atoms with van der Waals surface area (Å²) in [6.07, 6.45) is 4.43. The zero-order valence-electron chi connectivity index (χ0n) is 13.5. The summed E-state index contributed by atoms with van der Waals surface area (Å²) >= 11 is 3.42. The fourth-order valence-corrected chi connectivity index (χ4v) is 2.65. The molecule has 1 N–H and O–H groups in total. The molecule has 0 aliphatic carbocycles. The Kier molecular flexibility index (Phi) is 5.90. The summed E-state index contributed by atoms with van der Waals surface area (Å²) in [7, 11) is 0. The molecular weight excluding hydrogens is 386 g/mol. The Bertz CT molecular complexity index is 815. The van der Waals surface area contributed by atoms with E-state index in [9.17, 15) is 4.79 Å². The van der Waals surface area contributed by atoms with Crippen molar-refractivity contribution in [1.82, 2.24) is 15.1 Å². The first-order valence-corrected chi connectivity index (χ1v) is 8.73. The molecule has 2 aromatic heterocycles. The Balaban J connectivity index is 1.44. The highest BCUT2D eigenvalue weighted by atomic mass is 79.9. The third kappa shape index (κ3) is 4.96. The van der Waals surface area contributed by atoms with Gasteiger partial charge in [-0.3, -0.25) is 9.48 Å². The minimum absolute atomic E-state index is 0.229. The summed E-state index contributed by atoms with van der Waals surface area (Å²) in [5.41, 5.74) is 0. The first-order valence-electron chi connectivity index (χ1n) is 7.94. The number of aromatic nitrogens is 2. The molecule has 6 nitrogen and oxygen atoms in total. The highest BCUT2D eigenvalue weighted by Crippen LogP contribution is 2.24. The van der Waals surface area contributed by atoms with E-state index in [-0.39, 0.29) is 18.3 Å². The summed E-state index contributed by atoms with van der Waals surface area (Å²) < 4.78 is 13.9. The van der Waals surface area contributed by atoms with Crippen LogP contribution in [0.15, 0.2) is 63.7 Å². The van der Waals surface area contributed by atoms with Crippen molar-refractivity contribution >= 4 is 21.8 Å². The number of halogens is 1. The van der Waals surface area contributed by atoms with E-state index in [2.05, 4.69) is 26.3 Å². The Morgan fingerprint density at radius 3 is 2.92 bits per heavy atom. The zero-order chi connectivity index (χ0) is 17.5. The molecule has 2 heterocycles. The van der Waals surface area contributed by atoms with Crippen LogP contribution >= 0.6 is 15.9 Å². The molecule has 0 unspecified atom stereocenters. The molecular formula is C18H18BrN3O3. The summed E-state index contributed by atoms with van der Waals surface area (Å²) in [5, 5.41) is 6.95. The molecule has 0 radical (unpaired) electrons. The lowest BCUT2D eigenvalue weighted by Crippen LogP contribution is -2.24. The predicted octanol–water partition coefficient (Wildman–Crippen LogP) is 3.64. The van der Waals surface area contributed by atoms with Crippen LogP contribution in [-0.2, 0) is 13.2 Å². The van der Waals surface area contributed by atoms with E-state index in [0.29, 0.717) is 12.3 Å². The number of nitrogens with zero attached hydrogens (tertiary/aromatic N) is 2. The second-order valence-corrected chi connectivity index (χ2v) is 6.22. The smallest absolute Gasteiger partial charge is 0.286 e. The molecule has 3 aromatic rings. The third-order valence-electron chi connectivity index (χ3n) is 3.50. The third-order valence-corrected chi connectivity index (χ3v) is 4.16. The van der Waals surface area contributed by atoms with Crippen LogP contribution in [0.3, 0.4) is 0 Å². The SMILES string of the molecule is O=C(NCCCn1cccn1)c1ccc(COc2ccccc2Br)o1. The topological polar surface area (TPSA) is 69.3 Å². The predicted molar refractivity (Wildman–Crippen MR) is 96.4 cm³/mol. The number of rotatable bonds is 8. The van der Waals surface area contributed by atoms with E-state index in [1.807, 2.05) is 41.2 Å². The molecule has 1 amide bonds. The van der Waals surface area contributed by atoms with E-state index < -0.39 is 0 Å². The lowest BCUT2D eigenvalue weighted by molar-refractivity contribution is 0.0920. The first-order chi connectivity index (χ1) is 12.2. The van der Waals surface area contributed by atoms with Crippen LogP contribution in [0.25, 0.3) is 0 Å². The van der Waals surface area contributed by atoms with Gasteiger partial charge in [-0.1, -0.05) is 12.1 Å². The van der Waals surface area contributed by atoms with Crippen LogP contribution in [0.1, 0.15) is 22.7 Å². The maximum atomic E-state index is 12.1. The Hall–Kier alpha value is -2.54. The average molecular weight is 404 g/mol. The van der Waals surface area contributed by atoms with Crippen LogP contribution in [0.4, 0.5) is 0 Å². The van der Waals surface area contributed by atoms with Crippen molar-refractivity contribution in [3.05, 3.63) is 70.9 Å². The second-order valence-electron chi connectivity index (χ2n) is 5.36. The fourth-order valence-electron chi connectivity index (χ4n) is 2.25.